The van der Waals surface area contributed by atoms with Crippen molar-refractivity contribution in [3.8, 4) is 0 Å². The molecular formula is C16H17FN4O2. The second-order valence-electron chi connectivity index (χ2n) is 5.79. The first-order valence-electron chi connectivity index (χ1n) is 7.59. The Hall–Kier alpha value is -2.41. The van der Waals surface area contributed by atoms with Crippen LogP contribution in [0.2, 0.25) is 0 Å². The number of hydrogen-bond donors (Lipinski definition) is 1. The van der Waals surface area contributed by atoms with Gasteiger partial charge in [-0.15, -0.1) is 0 Å². The highest BCUT2D eigenvalue weighted by Crippen LogP contribution is 2.30. The van der Waals surface area contributed by atoms with Crippen LogP contribution in [0.4, 0.5) is 10.4 Å². The summed E-state index contributed by atoms with van der Waals surface area (Å²) in [6.07, 6.45) is 5.25. The van der Waals surface area contributed by atoms with E-state index in [1.807, 2.05) is 17.8 Å². The van der Waals surface area contributed by atoms with E-state index in [4.69, 9.17) is 9.15 Å². The molecule has 0 unspecified atom stereocenters. The molecule has 120 valence electrons. The number of benzene rings is 1. The predicted molar refractivity (Wildman–Crippen MR) is 82.5 cm³/mol. The van der Waals surface area contributed by atoms with Gasteiger partial charge in [0.05, 0.1) is 18.2 Å². The molecule has 0 aliphatic carbocycles. The molecule has 2 aromatic heterocycles. The fourth-order valence-electron chi connectivity index (χ4n) is 2.95. The van der Waals surface area contributed by atoms with E-state index in [0.717, 1.165) is 18.5 Å². The van der Waals surface area contributed by atoms with E-state index in [9.17, 15) is 4.39 Å². The van der Waals surface area contributed by atoms with Crippen molar-refractivity contribution in [1.29, 1.82) is 0 Å². The van der Waals surface area contributed by atoms with Crippen LogP contribution in [-0.2, 0) is 11.8 Å². The summed E-state index contributed by atoms with van der Waals surface area (Å²) >= 11 is 0. The van der Waals surface area contributed by atoms with Crippen LogP contribution in [0, 0.1) is 5.82 Å². The minimum absolute atomic E-state index is 0.00410. The first kappa shape index (κ1) is 14.2. The van der Waals surface area contributed by atoms with Gasteiger partial charge in [-0.3, -0.25) is 0 Å². The highest BCUT2D eigenvalue weighted by molar-refractivity contribution is 5.74. The molecule has 3 aromatic rings. The molecule has 1 saturated heterocycles. The zero-order chi connectivity index (χ0) is 15.8. The largest absolute Gasteiger partial charge is 0.424 e. The Morgan fingerprint density at radius 2 is 2.30 bits per heavy atom. The van der Waals surface area contributed by atoms with Crippen molar-refractivity contribution in [3.63, 3.8) is 0 Å². The van der Waals surface area contributed by atoms with Crippen molar-refractivity contribution >= 4 is 17.1 Å². The summed E-state index contributed by atoms with van der Waals surface area (Å²) in [5.74, 6) is -0.320. The van der Waals surface area contributed by atoms with Crippen molar-refractivity contribution in [2.24, 2.45) is 7.05 Å². The highest BCUT2D eigenvalue weighted by Gasteiger charge is 2.26. The maximum atomic E-state index is 13.2. The fraction of sp³-hybridized carbons (Fsp3) is 0.375. The van der Waals surface area contributed by atoms with Gasteiger partial charge in [-0.25, -0.2) is 9.37 Å². The van der Waals surface area contributed by atoms with Crippen molar-refractivity contribution < 1.29 is 13.5 Å². The van der Waals surface area contributed by atoms with E-state index in [0.29, 0.717) is 23.7 Å². The van der Waals surface area contributed by atoms with Crippen LogP contribution >= 0.6 is 0 Å². The lowest BCUT2D eigenvalue weighted by Crippen LogP contribution is -2.30. The third-order valence-corrected chi connectivity index (χ3v) is 4.14. The molecule has 3 heterocycles. The molecule has 0 amide bonds. The van der Waals surface area contributed by atoms with Crippen LogP contribution in [0.25, 0.3) is 11.1 Å². The van der Waals surface area contributed by atoms with E-state index < -0.39 is 0 Å². The van der Waals surface area contributed by atoms with Crippen molar-refractivity contribution in [1.82, 2.24) is 14.5 Å². The molecular weight excluding hydrogens is 299 g/mol. The predicted octanol–water partition coefficient (Wildman–Crippen LogP) is 3.03. The number of nitrogens with zero attached hydrogens (tertiary/aromatic N) is 3. The topological polar surface area (TPSA) is 65.1 Å². The lowest BCUT2D eigenvalue weighted by molar-refractivity contribution is 0.00530. The van der Waals surface area contributed by atoms with Crippen LogP contribution in [0.5, 0.6) is 0 Å². The number of oxazole rings is 1. The molecule has 6 nitrogen and oxygen atoms in total. The van der Waals surface area contributed by atoms with Crippen molar-refractivity contribution in [3.05, 3.63) is 42.2 Å². The maximum absolute atomic E-state index is 13.2. The zero-order valence-electron chi connectivity index (χ0n) is 12.7. The van der Waals surface area contributed by atoms with E-state index in [2.05, 4.69) is 15.3 Å². The zero-order valence-corrected chi connectivity index (χ0v) is 12.7. The number of halogens is 1. The average molecular weight is 316 g/mol. The standard InChI is InChI=1S/C16H17FN4O2/c1-21-9-18-8-13(21)15-7-11(4-5-22-15)19-16-20-12-6-10(17)2-3-14(12)23-16/h2-3,6,8-9,11,15H,4-5,7H2,1H3,(H,19,20)/t11-,15-/m0/s1. The smallest absolute Gasteiger partial charge is 0.295 e. The summed E-state index contributed by atoms with van der Waals surface area (Å²) in [7, 11) is 1.96. The number of fused-ring (bicyclic) bond motifs is 1. The molecule has 23 heavy (non-hydrogen) atoms. The molecule has 0 radical (unpaired) electrons. The monoisotopic (exact) mass is 316 g/mol. The van der Waals surface area contributed by atoms with Crippen LogP contribution in [0.15, 0.2) is 35.1 Å². The summed E-state index contributed by atoms with van der Waals surface area (Å²) in [4.78, 5) is 8.44. The number of hydrogen-bond acceptors (Lipinski definition) is 5. The second-order valence-corrected chi connectivity index (χ2v) is 5.79. The van der Waals surface area contributed by atoms with Gasteiger partial charge in [0.25, 0.3) is 6.01 Å². The van der Waals surface area contributed by atoms with E-state index in [-0.39, 0.29) is 18.0 Å². The first-order chi connectivity index (χ1) is 11.2. The number of nitrogens with one attached hydrogen (secondary N) is 1. The van der Waals surface area contributed by atoms with Gasteiger partial charge in [-0.05, 0) is 25.0 Å². The summed E-state index contributed by atoms with van der Waals surface area (Å²) < 4.78 is 26.7. The molecule has 1 aliphatic heterocycles. The second kappa shape index (κ2) is 5.66. The number of ether oxygens (including phenoxy) is 1. The molecule has 1 fully saturated rings. The van der Waals surface area contributed by atoms with Gasteiger partial charge in [0.2, 0.25) is 0 Å². The Balaban J connectivity index is 1.50. The van der Waals surface area contributed by atoms with Gasteiger partial charge in [-0.2, -0.15) is 4.98 Å². The third kappa shape index (κ3) is 2.79. The van der Waals surface area contributed by atoms with Crippen molar-refractivity contribution in [2.45, 2.75) is 25.0 Å². The van der Waals surface area contributed by atoms with Crippen LogP contribution in [0.3, 0.4) is 0 Å². The Labute approximate surface area is 132 Å². The molecule has 4 rings (SSSR count). The molecule has 2 atom stereocenters. The van der Waals surface area contributed by atoms with Crippen LogP contribution in [-0.4, -0.2) is 27.2 Å². The summed E-state index contributed by atoms with van der Waals surface area (Å²) in [6, 6.07) is 4.92. The van der Waals surface area contributed by atoms with Crippen LogP contribution in [0.1, 0.15) is 24.6 Å². The van der Waals surface area contributed by atoms with Gasteiger partial charge in [0.15, 0.2) is 5.58 Å². The highest BCUT2D eigenvalue weighted by atomic mass is 19.1. The molecule has 0 bridgehead atoms. The first-order valence-corrected chi connectivity index (χ1v) is 7.59. The molecule has 1 aromatic carbocycles. The lowest BCUT2D eigenvalue weighted by Gasteiger charge is -2.29. The third-order valence-electron chi connectivity index (χ3n) is 4.14. The number of anilines is 1. The number of imidazole rings is 1. The Morgan fingerprint density at radius 1 is 1.39 bits per heavy atom. The molecule has 1 N–H and O–H groups in total. The average Bonchev–Trinajstić information content (AvgIpc) is 3.12. The fourth-order valence-corrected chi connectivity index (χ4v) is 2.95. The number of aromatic nitrogens is 3. The van der Waals surface area contributed by atoms with E-state index in [1.54, 1.807) is 12.4 Å². The van der Waals surface area contributed by atoms with Gasteiger partial charge < -0.3 is 19.0 Å². The lowest BCUT2D eigenvalue weighted by atomic mass is 10.0. The van der Waals surface area contributed by atoms with E-state index in [1.165, 1.54) is 12.1 Å². The molecule has 0 saturated carbocycles. The Morgan fingerprint density at radius 3 is 3.13 bits per heavy atom. The maximum Gasteiger partial charge on any atom is 0.295 e. The molecule has 0 spiro atoms. The van der Waals surface area contributed by atoms with Gasteiger partial charge >= 0.3 is 0 Å². The Bertz CT molecular complexity index is 828. The van der Waals surface area contributed by atoms with Gasteiger partial charge in [0.1, 0.15) is 17.4 Å². The number of aryl methyl sites for hydroxylation is 1. The van der Waals surface area contributed by atoms with Crippen molar-refractivity contribution in [2.75, 3.05) is 11.9 Å². The number of rotatable bonds is 3. The minimum Gasteiger partial charge on any atom is -0.424 e. The van der Waals surface area contributed by atoms with Gasteiger partial charge in [0, 0.05) is 25.8 Å². The van der Waals surface area contributed by atoms with Gasteiger partial charge in [-0.1, -0.05) is 0 Å². The molecule has 1 aliphatic rings. The normalized spacial score (nSPS) is 21.7. The summed E-state index contributed by atoms with van der Waals surface area (Å²) in [6.45, 7) is 0.655. The molecule has 7 heteroatoms. The SMILES string of the molecule is Cn1cncc1[C@@H]1C[C@@H](Nc2nc3cc(F)ccc3o2)CCO1. The summed E-state index contributed by atoms with van der Waals surface area (Å²) in [5.41, 5.74) is 2.14. The van der Waals surface area contributed by atoms with Crippen LogP contribution < -0.4 is 5.32 Å². The minimum atomic E-state index is -0.320. The summed E-state index contributed by atoms with van der Waals surface area (Å²) in [5, 5.41) is 3.29. The quantitative estimate of drug-likeness (QED) is 0.804. The Kier molecular flexibility index (Phi) is 3.49. The van der Waals surface area contributed by atoms with E-state index >= 15 is 0 Å².